The van der Waals surface area contributed by atoms with E-state index in [-0.39, 0.29) is 17.9 Å². The second-order valence-electron chi connectivity index (χ2n) is 8.54. The van der Waals surface area contributed by atoms with E-state index in [1.54, 1.807) is 13.8 Å². The van der Waals surface area contributed by atoms with Crippen molar-refractivity contribution < 1.29 is 29.0 Å². The van der Waals surface area contributed by atoms with Crippen molar-refractivity contribution in [1.29, 1.82) is 0 Å². The van der Waals surface area contributed by atoms with Gasteiger partial charge in [-0.05, 0) is 45.1 Å². The highest BCUT2D eigenvalue weighted by Crippen LogP contribution is 2.41. The van der Waals surface area contributed by atoms with Gasteiger partial charge in [0, 0.05) is 18.6 Å². The number of ether oxygens (including phenoxy) is 2. The molecule has 2 N–H and O–H groups in total. The summed E-state index contributed by atoms with van der Waals surface area (Å²) in [4.78, 5) is 39.0. The second kappa shape index (κ2) is 10.2. The molecule has 1 aromatic carbocycles. The summed E-state index contributed by atoms with van der Waals surface area (Å²) in [5.41, 5.74) is 0.804. The first-order valence-electron chi connectivity index (χ1n) is 10.9. The number of carbonyl (C=O) groups excluding carboxylic acids is 2. The Hall–Kier alpha value is -2.45. The van der Waals surface area contributed by atoms with Crippen LogP contribution in [-0.2, 0) is 30.3 Å². The van der Waals surface area contributed by atoms with Crippen LogP contribution in [-0.4, -0.2) is 72.3 Å². The number of carboxylic acids is 1. The van der Waals surface area contributed by atoms with Gasteiger partial charge < -0.3 is 19.5 Å². The smallest absolute Gasteiger partial charge is 0.326 e. The number of aryl methyl sites for hydroxylation is 1. The molecule has 8 nitrogen and oxygen atoms in total. The summed E-state index contributed by atoms with van der Waals surface area (Å²) < 4.78 is 10.7. The molecule has 8 heteroatoms. The molecule has 2 unspecified atom stereocenters. The van der Waals surface area contributed by atoms with E-state index in [9.17, 15) is 19.5 Å². The van der Waals surface area contributed by atoms with E-state index in [0.717, 1.165) is 12.0 Å². The minimum Gasteiger partial charge on any atom is -0.480 e. The number of hydrogen-bond acceptors (Lipinski definition) is 6. The van der Waals surface area contributed by atoms with Crippen molar-refractivity contribution in [2.24, 2.45) is 5.41 Å². The molecule has 0 saturated carbocycles. The Labute approximate surface area is 182 Å². The fourth-order valence-corrected chi connectivity index (χ4v) is 4.53. The monoisotopic (exact) mass is 432 g/mol. The summed E-state index contributed by atoms with van der Waals surface area (Å²) in [6.45, 7) is 5.10. The normalized spacial score (nSPS) is 24.8. The van der Waals surface area contributed by atoms with Crippen molar-refractivity contribution in [3.8, 4) is 0 Å². The predicted molar refractivity (Wildman–Crippen MR) is 113 cm³/mol. The maximum Gasteiger partial charge on any atom is 0.326 e. The van der Waals surface area contributed by atoms with Crippen LogP contribution in [0.1, 0.15) is 38.7 Å². The van der Waals surface area contributed by atoms with Crippen molar-refractivity contribution in [3.05, 3.63) is 35.9 Å². The number of amides is 1. The molecular formula is C23H32N2O6. The third-order valence-corrected chi connectivity index (χ3v) is 6.22. The lowest BCUT2D eigenvalue weighted by atomic mass is 9.85. The number of nitrogens with one attached hydrogen (secondary N) is 1. The van der Waals surface area contributed by atoms with Crippen molar-refractivity contribution >= 4 is 17.8 Å². The second-order valence-corrected chi connectivity index (χ2v) is 8.54. The van der Waals surface area contributed by atoms with Gasteiger partial charge in [-0.3, -0.25) is 14.9 Å². The van der Waals surface area contributed by atoms with Crippen molar-refractivity contribution in [3.63, 3.8) is 0 Å². The highest BCUT2D eigenvalue weighted by Gasteiger charge is 2.51. The van der Waals surface area contributed by atoms with Crippen molar-refractivity contribution in [2.75, 3.05) is 26.4 Å². The summed E-state index contributed by atoms with van der Waals surface area (Å²) in [5, 5.41) is 12.8. The number of hydrogen-bond donors (Lipinski definition) is 2. The molecule has 0 aliphatic carbocycles. The van der Waals surface area contributed by atoms with Crippen LogP contribution in [0, 0.1) is 5.41 Å². The van der Waals surface area contributed by atoms with Crippen LogP contribution in [0.4, 0.5) is 0 Å². The van der Waals surface area contributed by atoms with E-state index < -0.39 is 30.1 Å². The van der Waals surface area contributed by atoms with Gasteiger partial charge in [0.15, 0.2) is 0 Å². The Bertz CT molecular complexity index is 778. The number of esters is 1. The molecule has 1 aromatic rings. The molecule has 2 saturated heterocycles. The van der Waals surface area contributed by atoms with E-state index in [2.05, 4.69) is 5.32 Å². The maximum atomic E-state index is 13.2. The zero-order valence-corrected chi connectivity index (χ0v) is 18.2. The average Bonchev–Trinajstić information content (AvgIpc) is 3.38. The number of carboxylic acid groups (broad SMARTS) is 1. The van der Waals surface area contributed by atoms with Gasteiger partial charge in [-0.1, -0.05) is 30.3 Å². The SMILES string of the molecule is CCOC(=O)[C@H](CCc1ccccc1)NC(C)C(=O)N1CC2(CCOC2)C[C@H]1C(=O)O. The van der Waals surface area contributed by atoms with Gasteiger partial charge in [0.05, 0.1) is 19.3 Å². The first-order valence-corrected chi connectivity index (χ1v) is 10.9. The molecule has 1 amide bonds. The molecule has 0 radical (unpaired) electrons. The molecule has 2 heterocycles. The molecule has 3 rings (SSSR count). The van der Waals surface area contributed by atoms with Crippen LogP contribution in [0.2, 0.25) is 0 Å². The summed E-state index contributed by atoms with van der Waals surface area (Å²) in [6.07, 6.45) is 2.28. The Morgan fingerprint density at radius 2 is 2.06 bits per heavy atom. The standard InChI is InChI=1S/C23H32N2O6/c1-3-31-22(29)18(10-9-17-7-5-4-6-8-17)24-16(2)20(26)25-14-23(11-12-30-15-23)13-19(25)21(27)28/h4-8,16,18-19,24H,3,9-15H2,1-2H3,(H,27,28)/t16?,18-,19-,23?/m0/s1. The number of rotatable bonds is 9. The largest absolute Gasteiger partial charge is 0.480 e. The number of aliphatic carboxylic acids is 1. The third kappa shape index (κ3) is 5.62. The Balaban J connectivity index is 1.67. The fraction of sp³-hybridized carbons (Fsp3) is 0.609. The van der Waals surface area contributed by atoms with Crippen LogP contribution in [0.3, 0.4) is 0 Å². The van der Waals surface area contributed by atoms with Crippen LogP contribution in [0.25, 0.3) is 0 Å². The van der Waals surface area contributed by atoms with Gasteiger partial charge in [0.25, 0.3) is 0 Å². The number of benzene rings is 1. The Morgan fingerprint density at radius 3 is 2.68 bits per heavy atom. The lowest BCUT2D eigenvalue weighted by Gasteiger charge is -2.28. The van der Waals surface area contributed by atoms with Gasteiger partial charge in [-0.2, -0.15) is 0 Å². The first-order chi connectivity index (χ1) is 14.8. The molecular weight excluding hydrogens is 400 g/mol. The molecule has 2 fully saturated rings. The fourth-order valence-electron chi connectivity index (χ4n) is 4.53. The van der Waals surface area contributed by atoms with Gasteiger partial charge in [0.1, 0.15) is 12.1 Å². The zero-order chi connectivity index (χ0) is 22.4. The number of likely N-dealkylation sites (tertiary alicyclic amines) is 1. The molecule has 170 valence electrons. The molecule has 0 bridgehead atoms. The van der Waals surface area contributed by atoms with Gasteiger partial charge in [-0.25, -0.2) is 4.79 Å². The molecule has 2 aliphatic rings. The highest BCUT2D eigenvalue weighted by molar-refractivity contribution is 5.88. The minimum atomic E-state index is -1.00. The van der Waals surface area contributed by atoms with Crippen LogP contribution >= 0.6 is 0 Å². The van der Waals surface area contributed by atoms with Crippen molar-refractivity contribution in [2.45, 2.75) is 57.7 Å². The lowest BCUT2D eigenvalue weighted by Crippen LogP contribution is -2.53. The van der Waals surface area contributed by atoms with Crippen LogP contribution in [0.5, 0.6) is 0 Å². The zero-order valence-electron chi connectivity index (χ0n) is 18.2. The molecule has 1 spiro atoms. The predicted octanol–water partition coefficient (Wildman–Crippen LogP) is 1.62. The van der Waals surface area contributed by atoms with Crippen LogP contribution < -0.4 is 5.32 Å². The van der Waals surface area contributed by atoms with Gasteiger partial charge in [0.2, 0.25) is 5.91 Å². The van der Waals surface area contributed by atoms with Crippen LogP contribution in [0.15, 0.2) is 30.3 Å². The van der Waals surface area contributed by atoms with E-state index in [1.165, 1.54) is 4.90 Å². The maximum absolute atomic E-state index is 13.2. The summed E-state index contributed by atoms with van der Waals surface area (Å²) in [7, 11) is 0. The Kier molecular flexibility index (Phi) is 7.67. The summed E-state index contributed by atoms with van der Waals surface area (Å²) in [6, 6.07) is 7.54. The van der Waals surface area contributed by atoms with E-state index in [1.807, 2.05) is 30.3 Å². The summed E-state index contributed by atoms with van der Waals surface area (Å²) >= 11 is 0. The lowest BCUT2D eigenvalue weighted by molar-refractivity contribution is -0.150. The molecule has 31 heavy (non-hydrogen) atoms. The van der Waals surface area contributed by atoms with Gasteiger partial charge >= 0.3 is 11.9 Å². The average molecular weight is 433 g/mol. The van der Waals surface area contributed by atoms with E-state index in [0.29, 0.717) is 39.0 Å². The van der Waals surface area contributed by atoms with Crippen molar-refractivity contribution in [1.82, 2.24) is 10.2 Å². The number of carbonyl (C=O) groups is 3. The highest BCUT2D eigenvalue weighted by atomic mass is 16.5. The number of nitrogens with zero attached hydrogens (tertiary/aromatic N) is 1. The summed E-state index contributed by atoms with van der Waals surface area (Å²) in [5.74, 6) is -1.73. The topological polar surface area (TPSA) is 105 Å². The first kappa shape index (κ1) is 23.2. The minimum absolute atomic E-state index is 0.250. The molecule has 4 atom stereocenters. The third-order valence-electron chi connectivity index (χ3n) is 6.22. The molecule has 2 aliphatic heterocycles. The van der Waals surface area contributed by atoms with E-state index in [4.69, 9.17) is 9.47 Å². The van der Waals surface area contributed by atoms with Gasteiger partial charge in [-0.15, -0.1) is 0 Å². The Morgan fingerprint density at radius 1 is 1.32 bits per heavy atom. The quantitative estimate of drug-likeness (QED) is 0.571. The molecule has 0 aromatic heterocycles. The van der Waals surface area contributed by atoms with E-state index >= 15 is 0 Å².